The molecular weight excluding hydrogens is 462 g/mol. The van der Waals surface area contributed by atoms with Crippen molar-refractivity contribution in [2.45, 2.75) is 18.8 Å². The van der Waals surface area contributed by atoms with Crippen LogP contribution in [-0.4, -0.2) is 55.9 Å². The molecule has 5 heterocycles. The van der Waals surface area contributed by atoms with E-state index in [0.717, 1.165) is 59.8 Å². The predicted octanol–water partition coefficient (Wildman–Crippen LogP) is 4.30. The highest BCUT2D eigenvalue weighted by Gasteiger charge is 2.29. The van der Waals surface area contributed by atoms with Gasteiger partial charge in [-0.1, -0.05) is 18.2 Å². The molecule has 2 N–H and O–H groups in total. The number of nitrogens with zero attached hydrogens (tertiary/aromatic N) is 7. The Balaban J connectivity index is 1.24. The second-order valence-corrected chi connectivity index (χ2v) is 9.57. The standard InChI is InChI=1S/C28H27N9/c1-2-4-22(5-3-1)37-18-21(15-32-37)33-25-14-20(8-9-31-25)27-34-24-17-30-16-23(19-6-7-19)26(24)28(35-27)36-12-10-29-11-13-36/h1-5,8-9,14-19,29H,6-7,10-13H2,(H,31,33). The van der Waals surface area contributed by atoms with Gasteiger partial charge in [0.25, 0.3) is 0 Å². The van der Waals surface area contributed by atoms with Gasteiger partial charge in [-0.2, -0.15) is 5.10 Å². The molecule has 2 aliphatic rings. The zero-order valence-corrected chi connectivity index (χ0v) is 20.4. The van der Waals surface area contributed by atoms with Crippen LogP contribution in [-0.2, 0) is 0 Å². The Morgan fingerprint density at radius 2 is 1.81 bits per heavy atom. The number of rotatable bonds is 6. The Bertz CT molecular complexity index is 1550. The summed E-state index contributed by atoms with van der Waals surface area (Å²) in [6.45, 7) is 3.74. The van der Waals surface area contributed by atoms with E-state index in [4.69, 9.17) is 9.97 Å². The molecule has 1 saturated heterocycles. The fourth-order valence-corrected chi connectivity index (χ4v) is 4.92. The van der Waals surface area contributed by atoms with Gasteiger partial charge in [0.05, 0.1) is 35.5 Å². The molecule has 1 saturated carbocycles. The highest BCUT2D eigenvalue weighted by Crippen LogP contribution is 2.44. The van der Waals surface area contributed by atoms with E-state index in [2.05, 4.69) is 30.6 Å². The Labute approximate surface area is 214 Å². The van der Waals surface area contributed by atoms with Crippen LogP contribution < -0.4 is 15.5 Å². The summed E-state index contributed by atoms with van der Waals surface area (Å²) in [6.07, 6.45) is 11.8. The van der Waals surface area contributed by atoms with Crippen molar-refractivity contribution in [3.63, 3.8) is 0 Å². The highest BCUT2D eigenvalue weighted by molar-refractivity contribution is 5.94. The third-order valence-corrected chi connectivity index (χ3v) is 6.94. The number of pyridine rings is 2. The van der Waals surface area contributed by atoms with E-state index in [1.165, 1.54) is 18.4 Å². The minimum Gasteiger partial charge on any atom is -0.353 e. The van der Waals surface area contributed by atoms with Crippen LogP contribution >= 0.6 is 0 Å². The Morgan fingerprint density at radius 1 is 0.946 bits per heavy atom. The van der Waals surface area contributed by atoms with Gasteiger partial charge >= 0.3 is 0 Å². The number of fused-ring (bicyclic) bond motifs is 1. The molecule has 0 amide bonds. The summed E-state index contributed by atoms with van der Waals surface area (Å²) < 4.78 is 1.84. The lowest BCUT2D eigenvalue weighted by atomic mass is 10.1. The molecule has 7 rings (SSSR count). The van der Waals surface area contributed by atoms with Crippen molar-refractivity contribution < 1.29 is 0 Å². The number of benzene rings is 1. The summed E-state index contributed by atoms with van der Waals surface area (Å²) in [5.41, 5.74) is 4.95. The van der Waals surface area contributed by atoms with Crippen LogP contribution in [0.2, 0.25) is 0 Å². The van der Waals surface area contributed by atoms with E-state index in [1.54, 1.807) is 12.4 Å². The summed E-state index contributed by atoms with van der Waals surface area (Å²) in [7, 11) is 0. The average molecular weight is 490 g/mol. The van der Waals surface area contributed by atoms with E-state index in [0.29, 0.717) is 17.6 Å². The smallest absolute Gasteiger partial charge is 0.162 e. The Kier molecular flexibility index (Phi) is 5.47. The van der Waals surface area contributed by atoms with Gasteiger partial charge in [0, 0.05) is 49.5 Å². The van der Waals surface area contributed by atoms with Gasteiger partial charge < -0.3 is 15.5 Å². The second kappa shape index (κ2) is 9.25. The van der Waals surface area contributed by atoms with E-state index in [9.17, 15) is 0 Å². The molecule has 5 aromatic rings. The normalized spacial score (nSPS) is 15.7. The SMILES string of the molecule is c1ccc(-n2cc(Nc3cc(-c4nc(N5CCNCC5)c5c(C6CC6)cncc5n4)ccn3)cn2)cc1. The van der Waals surface area contributed by atoms with Crippen LogP contribution in [0.5, 0.6) is 0 Å². The molecule has 0 bridgehead atoms. The quantitative estimate of drug-likeness (QED) is 0.364. The molecule has 0 unspecified atom stereocenters. The van der Waals surface area contributed by atoms with E-state index >= 15 is 0 Å². The molecule has 4 aromatic heterocycles. The third kappa shape index (κ3) is 4.38. The molecule has 1 aliphatic carbocycles. The maximum atomic E-state index is 5.14. The summed E-state index contributed by atoms with van der Waals surface area (Å²) in [5, 5.41) is 12.4. The van der Waals surface area contributed by atoms with Gasteiger partial charge in [-0.25, -0.2) is 19.6 Å². The molecule has 1 aliphatic heterocycles. The van der Waals surface area contributed by atoms with Gasteiger partial charge in [-0.05, 0) is 48.6 Å². The van der Waals surface area contributed by atoms with Crippen LogP contribution in [0, 0.1) is 0 Å². The van der Waals surface area contributed by atoms with Crippen LogP contribution in [0.4, 0.5) is 17.3 Å². The summed E-state index contributed by atoms with van der Waals surface area (Å²) in [6, 6.07) is 14.0. The van der Waals surface area contributed by atoms with Crippen LogP contribution in [0.15, 0.2) is 73.4 Å². The lowest BCUT2D eigenvalue weighted by Gasteiger charge is -2.30. The fraction of sp³-hybridized carbons (Fsp3) is 0.250. The zero-order chi connectivity index (χ0) is 24.6. The molecule has 0 spiro atoms. The lowest BCUT2D eigenvalue weighted by molar-refractivity contribution is 0.586. The van der Waals surface area contributed by atoms with E-state index in [-0.39, 0.29) is 0 Å². The van der Waals surface area contributed by atoms with Crippen molar-refractivity contribution >= 4 is 28.2 Å². The number of piperazine rings is 1. The molecule has 0 radical (unpaired) electrons. The first kappa shape index (κ1) is 21.9. The predicted molar refractivity (Wildman–Crippen MR) is 144 cm³/mol. The summed E-state index contributed by atoms with van der Waals surface area (Å²) >= 11 is 0. The summed E-state index contributed by atoms with van der Waals surface area (Å²) in [5.74, 6) is 2.98. The van der Waals surface area contributed by atoms with Crippen LogP contribution in [0.25, 0.3) is 28.0 Å². The van der Waals surface area contributed by atoms with Crippen molar-refractivity contribution in [3.8, 4) is 17.1 Å². The number of para-hydroxylation sites is 1. The first-order valence-electron chi connectivity index (χ1n) is 12.8. The van der Waals surface area contributed by atoms with Crippen LogP contribution in [0.1, 0.15) is 24.3 Å². The molecule has 184 valence electrons. The molecule has 1 aromatic carbocycles. The van der Waals surface area contributed by atoms with E-state index < -0.39 is 0 Å². The van der Waals surface area contributed by atoms with Gasteiger partial charge in [-0.3, -0.25) is 4.98 Å². The van der Waals surface area contributed by atoms with Crippen molar-refractivity contribution in [2.75, 3.05) is 36.4 Å². The third-order valence-electron chi connectivity index (χ3n) is 6.94. The van der Waals surface area contributed by atoms with E-state index in [1.807, 2.05) is 65.7 Å². The molecule has 9 heteroatoms. The Hall–Kier alpha value is -4.37. The monoisotopic (exact) mass is 489 g/mol. The number of nitrogens with one attached hydrogen (secondary N) is 2. The van der Waals surface area contributed by atoms with Gasteiger partial charge in [-0.15, -0.1) is 0 Å². The second-order valence-electron chi connectivity index (χ2n) is 9.57. The number of aromatic nitrogens is 6. The summed E-state index contributed by atoms with van der Waals surface area (Å²) in [4.78, 5) is 21.6. The fourth-order valence-electron chi connectivity index (χ4n) is 4.92. The maximum Gasteiger partial charge on any atom is 0.162 e. The molecule has 37 heavy (non-hydrogen) atoms. The number of hydrogen-bond donors (Lipinski definition) is 2. The Morgan fingerprint density at radius 3 is 2.65 bits per heavy atom. The molecule has 2 fully saturated rings. The van der Waals surface area contributed by atoms with Crippen molar-refractivity contribution in [3.05, 3.63) is 79.0 Å². The molecule has 9 nitrogen and oxygen atoms in total. The first-order chi connectivity index (χ1) is 18.3. The van der Waals surface area contributed by atoms with Crippen molar-refractivity contribution in [1.29, 1.82) is 0 Å². The van der Waals surface area contributed by atoms with Gasteiger partial charge in [0.1, 0.15) is 11.6 Å². The number of hydrogen-bond acceptors (Lipinski definition) is 8. The largest absolute Gasteiger partial charge is 0.353 e. The number of anilines is 3. The maximum absolute atomic E-state index is 5.14. The lowest BCUT2D eigenvalue weighted by Crippen LogP contribution is -2.44. The molecular formula is C28H27N9. The first-order valence-corrected chi connectivity index (χ1v) is 12.8. The highest BCUT2D eigenvalue weighted by atomic mass is 15.3. The van der Waals surface area contributed by atoms with Gasteiger partial charge in [0.2, 0.25) is 0 Å². The van der Waals surface area contributed by atoms with Crippen molar-refractivity contribution in [1.82, 2.24) is 35.0 Å². The van der Waals surface area contributed by atoms with Crippen LogP contribution in [0.3, 0.4) is 0 Å². The minimum absolute atomic E-state index is 0.570. The molecule has 0 atom stereocenters. The average Bonchev–Trinajstić information content (AvgIpc) is 3.71. The van der Waals surface area contributed by atoms with Gasteiger partial charge in [0.15, 0.2) is 5.82 Å². The topological polar surface area (TPSA) is 96.7 Å². The minimum atomic E-state index is 0.570. The van der Waals surface area contributed by atoms with Crippen molar-refractivity contribution in [2.24, 2.45) is 0 Å². The zero-order valence-electron chi connectivity index (χ0n) is 20.4.